The number of rotatable bonds is 3. The summed E-state index contributed by atoms with van der Waals surface area (Å²) in [7, 11) is 0. The SMILES string of the molecule is CCC(C)(C)C(=O)OC(C)O. The largest absolute Gasteiger partial charge is 0.436 e. The summed E-state index contributed by atoms with van der Waals surface area (Å²) in [6, 6.07) is 0. The van der Waals surface area contributed by atoms with E-state index < -0.39 is 11.7 Å². The zero-order chi connectivity index (χ0) is 9.07. The molecule has 0 bridgehead atoms. The third-order valence-corrected chi connectivity index (χ3v) is 1.71. The molecule has 0 spiro atoms. The lowest BCUT2D eigenvalue weighted by atomic mass is 9.91. The van der Waals surface area contributed by atoms with Crippen molar-refractivity contribution >= 4 is 5.97 Å². The molecule has 11 heavy (non-hydrogen) atoms. The highest BCUT2D eigenvalue weighted by molar-refractivity contribution is 5.75. The van der Waals surface area contributed by atoms with E-state index in [1.807, 2.05) is 6.92 Å². The van der Waals surface area contributed by atoms with E-state index in [4.69, 9.17) is 5.11 Å². The number of hydrogen-bond acceptors (Lipinski definition) is 3. The summed E-state index contributed by atoms with van der Waals surface area (Å²) in [5.74, 6) is -0.352. The average molecular weight is 160 g/mol. The molecule has 0 aliphatic rings. The molecular weight excluding hydrogens is 144 g/mol. The lowest BCUT2D eigenvalue weighted by Crippen LogP contribution is -2.28. The van der Waals surface area contributed by atoms with Crippen LogP contribution < -0.4 is 0 Å². The van der Waals surface area contributed by atoms with Crippen LogP contribution in [0.25, 0.3) is 0 Å². The normalized spacial score (nSPS) is 14.3. The van der Waals surface area contributed by atoms with Gasteiger partial charge < -0.3 is 9.84 Å². The van der Waals surface area contributed by atoms with Crippen LogP contribution in [0.2, 0.25) is 0 Å². The van der Waals surface area contributed by atoms with Crippen LogP contribution in [0.3, 0.4) is 0 Å². The minimum Gasteiger partial charge on any atom is -0.436 e. The van der Waals surface area contributed by atoms with Crippen LogP contribution in [0.5, 0.6) is 0 Å². The minimum absolute atomic E-state index is 0.352. The summed E-state index contributed by atoms with van der Waals surface area (Å²) in [6.45, 7) is 6.91. The Kier molecular flexibility index (Phi) is 3.52. The van der Waals surface area contributed by atoms with Crippen molar-refractivity contribution in [2.24, 2.45) is 5.41 Å². The molecule has 0 aliphatic heterocycles. The summed E-state index contributed by atoms with van der Waals surface area (Å²) in [4.78, 5) is 11.1. The molecule has 0 radical (unpaired) electrons. The van der Waals surface area contributed by atoms with Crippen LogP contribution in [0, 0.1) is 5.41 Å². The molecule has 0 amide bonds. The van der Waals surface area contributed by atoms with Crippen molar-refractivity contribution in [3.63, 3.8) is 0 Å². The van der Waals surface area contributed by atoms with Gasteiger partial charge in [0.2, 0.25) is 0 Å². The van der Waals surface area contributed by atoms with Crippen molar-refractivity contribution in [2.45, 2.75) is 40.4 Å². The van der Waals surface area contributed by atoms with Crippen molar-refractivity contribution in [1.82, 2.24) is 0 Å². The van der Waals surface area contributed by atoms with E-state index in [-0.39, 0.29) is 5.97 Å². The molecule has 0 saturated carbocycles. The van der Waals surface area contributed by atoms with Gasteiger partial charge in [-0.2, -0.15) is 0 Å². The van der Waals surface area contributed by atoms with Crippen LogP contribution in [0.15, 0.2) is 0 Å². The van der Waals surface area contributed by atoms with Crippen molar-refractivity contribution in [1.29, 1.82) is 0 Å². The first-order chi connectivity index (χ1) is 4.90. The van der Waals surface area contributed by atoms with E-state index in [2.05, 4.69) is 4.74 Å². The predicted molar refractivity (Wildman–Crippen MR) is 41.8 cm³/mol. The highest BCUT2D eigenvalue weighted by Gasteiger charge is 2.27. The van der Waals surface area contributed by atoms with Gasteiger partial charge in [-0.15, -0.1) is 0 Å². The van der Waals surface area contributed by atoms with Crippen molar-refractivity contribution < 1.29 is 14.6 Å². The van der Waals surface area contributed by atoms with Gasteiger partial charge in [-0.25, -0.2) is 0 Å². The number of hydrogen-bond donors (Lipinski definition) is 1. The molecular formula is C8H16O3. The lowest BCUT2D eigenvalue weighted by molar-refractivity contribution is -0.175. The number of ether oxygens (including phenoxy) is 1. The summed E-state index contributed by atoms with van der Waals surface area (Å²) in [5.41, 5.74) is -0.489. The zero-order valence-electron chi connectivity index (χ0n) is 7.55. The van der Waals surface area contributed by atoms with Gasteiger partial charge in [0.15, 0.2) is 6.29 Å². The Morgan fingerprint density at radius 1 is 1.64 bits per heavy atom. The Morgan fingerprint density at radius 2 is 2.09 bits per heavy atom. The summed E-state index contributed by atoms with van der Waals surface area (Å²) >= 11 is 0. The first kappa shape index (κ1) is 10.4. The maximum absolute atomic E-state index is 11.1. The van der Waals surface area contributed by atoms with E-state index in [1.54, 1.807) is 13.8 Å². The van der Waals surface area contributed by atoms with Gasteiger partial charge in [0, 0.05) is 0 Å². The lowest BCUT2D eigenvalue weighted by Gasteiger charge is -2.21. The maximum atomic E-state index is 11.1. The first-order valence-electron chi connectivity index (χ1n) is 3.79. The van der Waals surface area contributed by atoms with Crippen LogP contribution in [0.4, 0.5) is 0 Å². The minimum atomic E-state index is -1.01. The topological polar surface area (TPSA) is 46.5 Å². The molecule has 3 heteroatoms. The van der Waals surface area contributed by atoms with E-state index in [0.717, 1.165) is 0 Å². The fourth-order valence-electron chi connectivity index (χ4n) is 0.459. The van der Waals surface area contributed by atoms with E-state index in [9.17, 15) is 4.79 Å². The van der Waals surface area contributed by atoms with Crippen molar-refractivity contribution in [2.75, 3.05) is 0 Å². The standard InChI is InChI=1S/C8H16O3/c1-5-8(3,4)7(10)11-6(2)9/h6,9H,5H2,1-4H3. The third-order valence-electron chi connectivity index (χ3n) is 1.71. The Balaban J connectivity index is 4.02. The molecule has 0 aromatic carbocycles. The van der Waals surface area contributed by atoms with E-state index in [1.165, 1.54) is 6.92 Å². The van der Waals surface area contributed by atoms with Crippen molar-refractivity contribution in [3.05, 3.63) is 0 Å². The van der Waals surface area contributed by atoms with E-state index in [0.29, 0.717) is 6.42 Å². The highest BCUT2D eigenvalue weighted by atomic mass is 16.6. The molecule has 66 valence electrons. The molecule has 0 fully saturated rings. The van der Waals surface area contributed by atoms with Gasteiger partial charge >= 0.3 is 5.97 Å². The Hall–Kier alpha value is -0.570. The molecule has 0 heterocycles. The number of carbonyl (C=O) groups excluding carboxylic acids is 1. The smallest absolute Gasteiger partial charge is 0.313 e. The number of aliphatic hydroxyl groups excluding tert-OH is 1. The number of esters is 1. The van der Waals surface area contributed by atoms with Crippen LogP contribution in [0.1, 0.15) is 34.1 Å². The third kappa shape index (κ3) is 3.37. The Labute approximate surface area is 67.4 Å². The van der Waals surface area contributed by atoms with Gasteiger partial charge in [-0.05, 0) is 27.2 Å². The fourth-order valence-corrected chi connectivity index (χ4v) is 0.459. The predicted octanol–water partition coefficient (Wildman–Crippen LogP) is 1.30. The molecule has 1 atom stereocenters. The van der Waals surface area contributed by atoms with Crippen LogP contribution >= 0.6 is 0 Å². The van der Waals surface area contributed by atoms with Crippen LogP contribution in [-0.2, 0) is 9.53 Å². The van der Waals surface area contributed by atoms with Gasteiger partial charge in [-0.3, -0.25) is 4.79 Å². The zero-order valence-corrected chi connectivity index (χ0v) is 7.55. The molecule has 3 nitrogen and oxygen atoms in total. The fraction of sp³-hybridized carbons (Fsp3) is 0.875. The first-order valence-corrected chi connectivity index (χ1v) is 3.79. The molecule has 1 N–H and O–H groups in total. The summed E-state index contributed by atoms with van der Waals surface area (Å²) < 4.78 is 4.62. The summed E-state index contributed by atoms with van der Waals surface area (Å²) in [6.07, 6.45) is -0.299. The second kappa shape index (κ2) is 3.72. The van der Waals surface area contributed by atoms with Gasteiger partial charge in [0.25, 0.3) is 0 Å². The highest BCUT2D eigenvalue weighted by Crippen LogP contribution is 2.21. The monoisotopic (exact) mass is 160 g/mol. The number of carbonyl (C=O) groups is 1. The second-order valence-corrected chi connectivity index (χ2v) is 3.24. The van der Waals surface area contributed by atoms with Gasteiger partial charge in [-0.1, -0.05) is 6.92 Å². The Bertz CT molecular complexity index is 138. The quantitative estimate of drug-likeness (QED) is 0.500. The molecule has 0 aliphatic carbocycles. The van der Waals surface area contributed by atoms with E-state index >= 15 is 0 Å². The second-order valence-electron chi connectivity index (χ2n) is 3.24. The van der Waals surface area contributed by atoms with Gasteiger partial charge in [0.1, 0.15) is 0 Å². The van der Waals surface area contributed by atoms with Gasteiger partial charge in [0.05, 0.1) is 5.41 Å². The number of aliphatic hydroxyl groups is 1. The molecule has 0 saturated heterocycles. The molecule has 0 aromatic rings. The molecule has 0 aromatic heterocycles. The molecule has 0 rings (SSSR count). The van der Waals surface area contributed by atoms with Crippen LogP contribution in [-0.4, -0.2) is 17.4 Å². The molecule has 1 unspecified atom stereocenters. The summed E-state index contributed by atoms with van der Waals surface area (Å²) in [5, 5.41) is 8.74. The average Bonchev–Trinajstić information content (AvgIpc) is 1.86. The Morgan fingerprint density at radius 3 is 2.36 bits per heavy atom. The maximum Gasteiger partial charge on any atom is 0.313 e. The van der Waals surface area contributed by atoms with Crippen molar-refractivity contribution in [3.8, 4) is 0 Å².